The molecule has 0 saturated heterocycles. The topological polar surface area (TPSA) is 43.4 Å². The van der Waals surface area contributed by atoms with E-state index < -0.39 is 0 Å². The number of carbonyl (C=O) groups excluding carboxylic acids is 2. The fourth-order valence-electron chi connectivity index (χ4n) is 1.98. The van der Waals surface area contributed by atoms with Gasteiger partial charge in [0.15, 0.2) is 0 Å². The molecule has 1 aliphatic rings. The van der Waals surface area contributed by atoms with Crippen molar-refractivity contribution >= 4 is 11.8 Å². The third-order valence-electron chi connectivity index (χ3n) is 3.37. The van der Waals surface area contributed by atoms with Gasteiger partial charge in [0.2, 0.25) is 0 Å². The minimum Gasteiger partial charge on any atom is -0.466 e. The van der Waals surface area contributed by atoms with Crippen LogP contribution in [0, 0.1) is 5.92 Å². The van der Waals surface area contributed by atoms with E-state index in [4.69, 9.17) is 4.74 Å². The lowest BCUT2D eigenvalue weighted by molar-refractivity contribution is -0.145. The first kappa shape index (κ1) is 15.2. The molecule has 1 aliphatic carbocycles. The standard InChI is InChI=1S/C15H26O3/c1-2-3-4-5-6-7-12-18-15(17)11-10-14(16)13-8-9-13/h13H,2-12H2,1H3. The minimum absolute atomic E-state index is 0.211. The summed E-state index contributed by atoms with van der Waals surface area (Å²) in [6.45, 7) is 2.72. The lowest BCUT2D eigenvalue weighted by atomic mass is 10.1. The molecule has 0 amide bonds. The van der Waals surface area contributed by atoms with Crippen LogP contribution in [0.15, 0.2) is 0 Å². The molecule has 1 rings (SSSR count). The zero-order chi connectivity index (χ0) is 13.2. The molecule has 0 aromatic carbocycles. The summed E-state index contributed by atoms with van der Waals surface area (Å²) in [6.07, 6.45) is 9.82. The van der Waals surface area contributed by atoms with Crippen LogP contribution in [0.1, 0.15) is 71.1 Å². The van der Waals surface area contributed by atoms with Crippen molar-refractivity contribution in [2.75, 3.05) is 6.61 Å². The summed E-state index contributed by atoms with van der Waals surface area (Å²) >= 11 is 0. The molecule has 18 heavy (non-hydrogen) atoms. The molecule has 0 aromatic rings. The molecule has 0 spiro atoms. The van der Waals surface area contributed by atoms with E-state index in [-0.39, 0.29) is 24.1 Å². The summed E-state index contributed by atoms with van der Waals surface area (Å²) in [5.74, 6) is 0.292. The second-order valence-electron chi connectivity index (χ2n) is 5.23. The van der Waals surface area contributed by atoms with Gasteiger partial charge >= 0.3 is 5.97 Å². The maximum atomic E-state index is 11.4. The molecular weight excluding hydrogens is 228 g/mol. The van der Waals surface area contributed by atoms with Crippen molar-refractivity contribution in [2.24, 2.45) is 5.92 Å². The normalized spacial score (nSPS) is 14.5. The fourth-order valence-corrected chi connectivity index (χ4v) is 1.98. The first-order valence-electron chi connectivity index (χ1n) is 7.42. The van der Waals surface area contributed by atoms with Crippen LogP contribution in [-0.2, 0) is 14.3 Å². The molecule has 1 saturated carbocycles. The first-order chi connectivity index (χ1) is 8.74. The number of unbranched alkanes of at least 4 members (excludes halogenated alkanes) is 5. The van der Waals surface area contributed by atoms with Crippen LogP contribution in [0.2, 0.25) is 0 Å². The highest BCUT2D eigenvalue weighted by Crippen LogP contribution is 2.31. The fraction of sp³-hybridized carbons (Fsp3) is 0.867. The van der Waals surface area contributed by atoms with Crippen molar-refractivity contribution in [1.29, 1.82) is 0 Å². The van der Waals surface area contributed by atoms with Gasteiger partial charge in [-0.1, -0.05) is 39.0 Å². The van der Waals surface area contributed by atoms with E-state index in [0.29, 0.717) is 13.0 Å². The van der Waals surface area contributed by atoms with Gasteiger partial charge in [0.25, 0.3) is 0 Å². The Labute approximate surface area is 110 Å². The first-order valence-corrected chi connectivity index (χ1v) is 7.42. The van der Waals surface area contributed by atoms with Crippen LogP contribution in [0.3, 0.4) is 0 Å². The summed E-state index contributed by atoms with van der Waals surface area (Å²) < 4.78 is 5.11. The van der Waals surface area contributed by atoms with Gasteiger partial charge in [-0.15, -0.1) is 0 Å². The predicted octanol–water partition coefficient (Wildman–Crippen LogP) is 3.65. The third kappa shape index (κ3) is 7.46. The van der Waals surface area contributed by atoms with Gasteiger partial charge in [0, 0.05) is 12.3 Å². The highest BCUT2D eigenvalue weighted by molar-refractivity contribution is 5.86. The highest BCUT2D eigenvalue weighted by atomic mass is 16.5. The summed E-state index contributed by atoms with van der Waals surface area (Å²) in [7, 11) is 0. The van der Waals surface area contributed by atoms with E-state index >= 15 is 0 Å². The monoisotopic (exact) mass is 254 g/mol. The molecule has 0 heterocycles. The van der Waals surface area contributed by atoms with Gasteiger partial charge in [-0.05, 0) is 19.3 Å². The Morgan fingerprint density at radius 2 is 1.67 bits per heavy atom. The zero-order valence-corrected chi connectivity index (χ0v) is 11.6. The van der Waals surface area contributed by atoms with E-state index in [0.717, 1.165) is 25.7 Å². The van der Waals surface area contributed by atoms with Crippen LogP contribution < -0.4 is 0 Å². The van der Waals surface area contributed by atoms with Gasteiger partial charge in [0.1, 0.15) is 5.78 Å². The van der Waals surface area contributed by atoms with Gasteiger partial charge in [0.05, 0.1) is 13.0 Å². The van der Waals surface area contributed by atoms with Crippen LogP contribution in [0.5, 0.6) is 0 Å². The van der Waals surface area contributed by atoms with Crippen LogP contribution in [-0.4, -0.2) is 18.4 Å². The average molecular weight is 254 g/mol. The highest BCUT2D eigenvalue weighted by Gasteiger charge is 2.29. The average Bonchev–Trinajstić information content (AvgIpc) is 3.19. The van der Waals surface area contributed by atoms with Crippen molar-refractivity contribution in [3.05, 3.63) is 0 Å². The van der Waals surface area contributed by atoms with E-state index in [2.05, 4.69) is 6.92 Å². The Morgan fingerprint density at radius 1 is 1.00 bits per heavy atom. The van der Waals surface area contributed by atoms with Crippen molar-refractivity contribution in [1.82, 2.24) is 0 Å². The number of esters is 1. The minimum atomic E-state index is -0.211. The van der Waals surface area contributed by atoms with Crippen molar-refractivity contribution < 1.29 is 14.3 Å². The van der Waals surface area contributed by atoms with E-state index in [1.165, 1.54) is 25.7 Å². The molecule has 0 aliphatic heterocycles. The number of ketones is 1. The van der Waals surface area contributed by atoms with Crippen molar-refractivity contribution in [3.8, 4) is 0 Å². The van der Waals surface area contributed by atoms with E-state index in [1.54, 1.807) is 0 Å². The lowest BCUT2D eigenvalue weighted by Gasteiger charge is -2.04. The Bertz CT molecular complexity index is 256. The van der Waals surface area contributed by atoms with Gasteiger partial charge in [-0.3, -0.25) is 9.59 Å². The summed E-state index contributed by atoms with van der Waals surface area (Å²) in [5.41, 5.74) is 0. The quantitative estimate of drug-likeness (QED) is 0.417. The van der Waals surface area contributed by atoms with E-state index in [1.807, 2.05) is 0 Å². The third-order valence-corrected chi connectivity index (χ3v) is 3.37. The number of ether oxygens (including phenoxy) is 1. The van der Waals surface area contributed by atoms with Gasteiger partial charge in [-0.2, -0.15) is 0 Å². The second kappa shape index (κ2) is 9.12. The SMILES string of the molecule is CCCCCCCCOC(=O)CCC(=O)C1CC1. The molecule has 3 nitrogen and oxygen atoms in total. The Balaban J connectivity index is 1.85. The molecule has 1 fully saturated rings. The zero-order valence-electron chi connectivity index (χ0n) is 11.6. The lowest BCUT2D eigenvalue weighted by Crippen LogP contribution is -2.09. The van der Waals surface area contributed by atoms with Crippen LogP contribution in [0.25, 0.3) is 0 Å². The molecule has 0 unspecified atom stereocenters. The molecule has 0 radical (unpaired) electrons. The predicted molar refractivity (Wildman–Crippen MR) is 71.3 cm³/mol. The number of rotatable bonds is 11. The van der Waals surface area contributed by atoms with Crippen molar-refractivity contribution in [3.63, 3.8) is 0 Å². The number of hydrogen-bond acceptors (Lipinski definition) is 3. The van der Waals surface area contributed by atoms with Crippen LogP contribution >= 0.6 is 0 Å². The molecule has 0 atom stereocenters. The van der Waals surface area contributed by atoms with Crippen molar-refractivity contribution in [2.45, 2.75) is 71.1 Å². The molecule has 0 N–H and O–H groups in total. The Morgan fingerprint density at radius 3 is 2.33 bits per heavy atom. The van der Waals surface area contributed by atoms with Crippen LogP contribution in [0.4, 0.5) is 0 Å². The summed E-state index contributed by atoms with van der Waals surface area (Å²) in [6, 6.07) is 0. The second-order valence-corrected chi connectivity index (χ2v) is 5.23. The van der Waals surface area contributed by atoms with Gasteiger partial charge in [-0.25, -0.2) is 0 Å². The van der Waals surface area contributed by atoms with E-state index in [9.17, 15) is 9.59 Å². The smallest absolute Gasteiger partial charge is 0.306 e. The molecule has 0 bridgehead atoms. The molecule has 104 valence electrons. The summed E-state index contributed by atoms with van der Waals surface area (Å²) in [5, 5.41) is 0. The largest absolute Gasteiger partial charge is 0.466 e. The Hall–Kier alpha value is -0.860. The van der Waals surface area contributed by atoms with Gasteiger partial charge < -0.3 is 4.74 Å². The molecule has 0 aromatic heterocycles. The number of hydrogen-bond donors (Lipinski definition) is 0. The number of carbonyl (C=O) groups is 2. The summed E-state index contributed by atoms with van der Waals surface area (Å²) in [4.78, 5) is 22.7. The molecular formula is C15H26O3. The maximum absolute atomic E-state index is 11.4. The number of Topliss-reactive ketones (excluding diaryl/α,β-unsaturated/α-hetero) is 1. The molecule has 3 heteroatoms. The Kier molecular flexibility index (Phi) is 7.70. The maximum Gasteiger partial charge on any atom is 0.306 e.